The van der Waals surface area contributed by atoms with Gasteiger partial charge in [-0.2, -0.15) is 0 Å². The number of carbonyl (C=O) groups is 3. The Morgan fingerprint density at radius 1 is 0.968 bits per heavy atom. The molecule has 0 spiro atoms. The number of nitrogens with zero attached hydrogens (tertiary/aromatic N) is 3. The van der Waals surface area contributed by atoms with E-state index < -0.39 is 0 Å². The molecule has 0 aliphatic carbocycles. The molecule has 1 N–H and O–H groups in total. The summed E-state index contributed by atoms with van der Waals surface area (Å²) in [5, 5.41) is 2.70. The van der Waals surface area contributed by atoms with Crippen molar-refractivity contribution in [1.29, 1.82) is 0 Å². The Morgan fingerprint density at radius 3 is 2.19 bits per heavy atom. The molecule has 8 heteroatoms. The minimum absolute atomic E-state index is 0.0266. The van der Waals surface area contributed by atoms with Crippen LogP contribution >= 0.6 is 0 Å². The first-order chi connectivity index (χ1) is 14.9. The van der Waals surface area contributed by atoms with Crippen LogP contribution in [0.4, 0.5) is 5.69 Å². The van der Waals surface area contributed by atoms with Crippen molar-refractivity contribution in [2.24, 2.45) is 0 Å². The smallest absolute Gasteiger partial charge is 0.276 e. The number of hydrogen-bond donors (Lipinski definition) is 1. The molecule has 0 atom stereocenters. The Balaban J connectivity index is 1.36. The number of rotatable bonds is 4. The molecule has 2 aliphatic rings. The van der Waals surface area contributed by atoms with Gasteiger partial charge in [-0.3, -0.25) is 14.4 Å². The van der Waals surface area contributed by atoms with Gasteiger partial charge in [-0.25, -0.2) is 4.98 Å². The van der Waals surface area contributed by atoms with Crippen LogP contribution in [-0.4, -0.2) is 58.7 Å². The Hall–Kier alpha value is -3.16. The number of carbonyl (C=O) groups excluding carboxylic acids is 3. The first-order valence-electron chi connectivity index (χ1n) is 10.9. The first kappa shape index (κ1) is 21.1. The fraction of sp³-hybridized carbons (Fsp3) is 0.478. The normalized spacial score (nSPS) is 17.1. The Morgan fingerprint density at radius 2 is 1.58 bits per heavy atom. The van der Waals surface area contributed by atoms with Gasteiger partial charge in [-0.05, 0) is 56.9 Å². The number of nitrogens with one attached hydrogen (secondary N) is 1. The van der Waals surface area contributed by atoms with Crippen LogP contribution in [0, 0.1) is 6.92 Å². The third kappa shape index (κ3) is 4.62. The lowest BCUT2D eigenvalue weighted by Gasteiger charge is -2.30. The van der Waals surface area contributed by atoms with E-state index in [1.807, 2.05) is 9.80 Å². The average molecular weight is 425 g/mol. The van der Waals surface area contributed by atoms with Gasteiger partial charge in [-0.1, -0.05) is 0 Å². The predicted octanol–water partition coefficient (Wildman–Crippen LogP) is 3.20. The van der Waals surface area contributed by atoms with Crippen molar-refractivity contribution in [3.63, 3.8) is 0 Å². The standard InChI is InChI=1S/C23H28N4O4/c1-15-20(23(30)26-11-3-4-12-26)25-21(31-15)17-9-13-27(14-10-17)22(29)18-5-7-19(8-6-18)24-16(2)28/h5-8,17H,3-4,9-14H2,1-2H3,(H,24,28). The highest BCUT2D eigenvalue weighted by molar-refractivity contribution is 5.95. The Kier molecular flexibility index (Phi) is 6.06. The maximum Gasteiger partial charge on any atom is 0.276 e. The molecule has 8 nitrogen and oxygen atoms in total. The fourth-order valence-corrected chi connectivity index (χ4v) is 4.27. The van der Waals surface area contributed by atoms with E-state index in [0.29, 0.717) is 41.7 Å². The number of anilines is 1. The molecular weight excluding hydrogens is 396 g/mol. The highest BCUT2D eigenvalue weighted by atomic mass is 16.4. The van der Waals surface area contributed by atoms with Gasteiger partial charge in [0.15, 0.2) is 11.6 Å². The van der Waals surface area contributed by atoms with Crippen molar-refractivity contribution in [1.82, 2.24) is 14.8 Å². The Bertz CT molecular complexity index is 968. The van der Waals surface area contributed by atoms with Crippen LogP contribution in [0.15, 0.2) is 28.7 Å². The molecule has 31 heavy (non-hydrogen) atoms. The molecule has 0 saturated carbocycles. The fourth-order valence-electron chi connectivity index (χ4n) is 4.27. The van der Waals surface area contributed by atoms with Gasteiger partial charge in [-0.15, -0.1) is 0 Å². The summed E-state index contributed by atoms with van der Waals surface area (Å²) in [6.07, 6.45) is 3.57. The van der Waals surface area contributed by atoms with Gasteiger partial charge in [0, 0.05) is 50.3 Å². The summed E-state index contributed by atoms with van der Waals surface area (Å²) in [5.41, 5.74) is 1.69. The molecule has 0 unspecified atom stereocenters. The summed E-state index contributed by atoms with van der Waals surface area (Å²) in [5.74, 6) is 1.07. The van der Waals surface area contributed by atoms with E-state index >= 15 is 0 Å². The number of amides is 3. The maximum atomic E-state index is 12.8. The van der Waals surface area contributed by atoms with Gasteiger partial charge in [0.25, 0.3) is 11.8 Å². The molecule has 3 amide bonds. The lowest BCUT2D eigenvalue weighted by atomic mass is 9.96. The number of piperidine rings is 1. The zero-order valence-electron chi connectivity index (χ0n) is 18.0. The van der Waals surface area contributed by atoms with Crippen LogP contribution in [0.2, 0.25) is 0 Å². The second-order valence-corrected chi connectivity index (χ2v) is 8.28. The Labute approximate surface area is 181 Å². The van der Waals surface area contributed by atoms with Crippen molar-refractivity contribution >= 4 is 23.4 Å². The number of likely N-dealkylation sites (tertiary alicyclic amines) is 2. The largest absolute Gasteiger partial charge is 0.445 e. The van der Waals surface area contributed by atoms with E-state index in [0.717, 1.165) is 38.8 Å². The molecule has 2 aromatic rings. The lowest BCUT2D eigenvalue weighted by Crippen LogP contribution is -2.38. The van der Waals surface area contributed by atoms with Crippen LogP contribution in [0.3, 0.4) is 0 Å². The van der Waals surface area contributed by atoms with Gasteiger partial charge >= 0.3 is 0 Å². The molecule has 2 saturated heterocycles. The molecular formula is C23H28N4O4. The zero-order chi connectivity index (χ0) is 22.0. The summed E-state index contributed by atoms with van der Waals surface area (Å²) in [6.45, 7) is 6.02. The van der Waals surface area contributed by atoms with Crippen molar-refractivity contribution in [3.8, 4) is 0 Å². The number of hydrogen-bond acceptors (Lipinski definition) is 5. The molecule has 0 radical (unpaired) electrons. The molecule has 2 aliphatic heterocycles. The van der Waals surface area contributed by atoms with Gasteiger partial charge in [0.2, 0.25) is 5.91 Å². The molecule has 3 heterocycles. The predicted molar refractivity (Wildman–Crippen MR) is 115 cm³/mol. The van der Waals surface area contributed by atoms with E-state index in [1.165, 1.54) is 6.92 Å². The molecule has 0 bridgehead atoms. The van der Waals surface area contributed by atoms with Crippen LogP contribution in [0.25, 0.3) is 0 Å². The SMILES string of the molecule is CC(=O)Nc1ccc(C(=O)N2CCC(c3nc(C(=O)N4CCCC4)c(C)o3)CC2)cc1. The van der Waals surface area contributed by atoms with Crippen LogP contribution in [0.1, 0.15) is 71.0 Å². The number of benzene rings is 1. The van der Waals surface area contributed by atoms with Gasteiger partial charge in [0.1, 0.15) is 5.76 Å². The third-order valence-corrected chi connectivity index (χ3v) is 5.99. The van der Waals surface area contributed by atoms with Crippen molar-refractivity contribution in [2.75, 3.05) is 31.5 Å². The molecule has 1 aromatic carbocycles. The number of oxazole rings is 1. The monoisotopic (exact) mass is 424 g/mol. The second kappa shape index (κ2) is 8.91. The summed E-state index contributed by atoms with van der Waals surface area (Å²) in [4.78, 5) is 44.8. The zero-order valence-corrected chi connectivity index (χ0v) is 18.0. The molecule has 164 valence electrons. The number of aromatic nitrogens is 1. The molecule has 2 fully saturated rings. The third-order valence-electron chi connectivity index (χ3n) is 5.99. The van der Waals surface area contributed by atoms with Crippen LogP contribution in [-0.2, 0) is 4.79 Å². The number of aryl methyl sites for hydroxylation is 1. The summed E-state index contributed by atoms with van der Waals surface area (Å²) < 4.78 is 5.86. The van der Waals surface area contributed by atoms with E-state index in [-0.39, 0.29) is 23.6 Å². The highest BCUT2D eigenvalue weighted by Gasteiger charge is 2.30. The van der Waals surface area contributed by atoms with Crippen molar-refractivity contribution < 1.29 is 18.8 Å². The van der Waals surface area contributed by atoms with E-state index in [4.69, 9.17) is 4.42 Å². The van der Waals surface area contributed by atoms with Gasteiger partial charge in [0.05, 0.1) is 0 Å². The minimum atomic E-state index is -0.145. The quantitative estimate of drug-likeness (QED) is 0.813. The summed E-state index contributed by atoms with van der Waals surface area (Å²) in [7, 11) is 0. The lowest BCUT2D eigenvalue weighted by molar-refractivity contribution is -0.114. The van der Waals surface area contributed by atoms with E-state index in [9.17, 15) is 14.4 Å². The second-order valence-electron chi connectivity index (χ2n) is 8.28. The summed E-state index contributed by atoms with van der Waals surface area (Å²) >= 11 is 0. The minimum Gasteiger partial charge on any atom is -0.445 e. The van der Waals surface area contributed by atoms with Gasteiger partial charge < -0.3 is 19.5 Å². The topological polar surface area (TPSA) is 95.8 Å². The molecule has 4 rings (SSSR count). The van der Waals surface area contributed by atoms with Crippen LogP contribution < -0.4 is 5.32 Å². The average Bonchev–Trinajstić information content (AvgIpc) is 3.43. The van der Waals surface area contributed by atoms with Crippen molar-refractivity contribution in [3.05, 3.63) is 47.2 Å². The first-order valence-corrected chi connectivity index (χ1v) is 10.9. The maximum absolute atomic E-state index is 12.8. The van der Waals surface area contributed by atoms with Crippen molar-refractivity contribution in [2.45, 2.75) is 45.4 Å². The van der Waals surface area contributed by atoms with E-state index in [2.05, 4.69) is 10.3 Å². The van der Waals surface area contributed by atoms with E-state index in [1.54, 1.807) is 31.2 Å². The molecule has 1 aromatic heterocycles. The summed E-state index contributed by atoms with van der Waals surface area (Å²) in [6, 6.07) is 6.92. The van der Waals surface area contributed by atoms with Crippen LogP contribution in [0.5, 0.6) is 0 Å². The highest BCUT2D eigenvalue weighted by Crippen LogP contribution is 2.30.